The summed E-state index contributed by atoms with van der Waals surface area (Å²) in [5.41, 5.74) is 8.03. The Labute approximate surface area is 112 Å². The third-order valence-corrected chi connectivity index (χ3v) is 3.14. The molecule has 0 saturated carbocycles. The molecule has 2 aromatic rings. The second-order valence-electron chi connectivity index (χ2n) is 4.56. The molecule has 0 fully saturated rings. The normalized spacial score (nSPS) is 10.5. The first-order valence-electron chi connectivity index (χ1n) is 6.17. The van der Waals surface area contributed by atoms with Crippen LogP contribution in [0.1, 0.15) is 27.4 Å². The number of nitrogens with two attached hydrogens (primary N) is 1. The van der Waals surface area contributed by atoms with Crippen LogP contribution in [-0.2, 0) is 6.54 Å². The van der Waals surface area contributed by atoms with Crippen molar-refractivity contribution in [2.24, 2.45) is 5.73 Å². The van der Waals surface area contributed by atoms with Crippen molar-refractivity contribution in [1.29, 1.82) is 0 Å². The molecule has 0 bridgehead atoms. The average molecular weight is 258 g/mol. The van der Waals surface area contributed by atoms with Crippen molar-refractivity contribution in [3.63, 3.8) is 0 Å². The predicted molar refractivity (Wildman–Crippen MR) is 75.2 cm³/mol. The van der Waals surface area contributed by atoms with Gasteiger partial charge in [0.05, 0.1) is 5.56 Å². The average Bonchev–Trinajstić information content (AvgIpc) is 2.76. The second kappa shape index (κ2) is 5.28. The summed E-state index contributed by atoms with van der Waals surface area (Å²) in [5, 5.41) is 0. The Hall–Kier alpha value is -2.07. The number of benzene rings is 1. The molecular formula is C15H18N2O2. The predicted octanol–water partition coefficient (Wildman–Crippen LogP) is 2.63. The summed E-state index contributed by atoms with van der Waals surface area (Å²) in [7, 11) is 1.75. The van der Waals surface area contributed by atoms with Crippen LogP contribution in [0.2, 0.25) is 0 Å². The zero-order chi connectivity index (χ0) is 14.0. The summed E-state index contributed by atoms with van der Waals surface area (Å²) >= 11 is 0. The van der Waals surface area contributed by atoms with Gasteiger partial charge in [-0.15, -0.1) is 0 Å². The van der Waals surface area contributed by atoms with Crippen LogP contribution in [0.5, 0.6) is 0 Å². The van der Waals surface area contributed by atoms with E-state index in [1.165, 1.54) is 0 Å². The zero-order valence-corrected chi connectivity index (χ0v) is 11.4. The second-order valence-corrected chi connectivity index (χ2v) is 4.56. The maximum absolute atomic E-state index is 12.4. The van der Waals surface area contributed by atoms with Crippen LogP contribution >= 0.6 is 0 Å². The van der Waals surface area contributed by atoms with Gasteiger partial charge in [-0.3, -0.25) is 4.79 Å². The minimum Gasteiger partial charge on any atom is -0.466 e. The lowest BCUT2D eigenvalue weighted by atomic mass is 10.1. The van der Waals surface area contributed by atoms with Gasteiger partial charge in [0.25, 0.3) is 5.91 Å². The summed E-state index contributed by atoms with van der Waals surface area (Å²) in [6.45, 7) is 4.13. The number of hydrogen-bond donors (Lipinski definition) is 1. The third kappa shape index (κ3) is 2.69. The van der Waals surface area contributed by atoms with E-state index in [2.05, 4.69) is 0 Å². The highest BCUT2D eigenvalue weighted by Crippen LogP contribution is 2.20. The van der Waals surface area contributed by atoms with Crippen molar-refractivity contribution in [3.05, 3.63) is 53.0 Å². The van der Waals surface area contributed by atoms with Crippen molar-refractivity contribution in [2.45, 2.75) is 20.4 Å². The number of carbonyl (C=O) groups is 1. The molecule has 4 heteroatoms. The van der Waals surface area contributed by atoms with Gasteiger partial charge in [-0.25, -0.2) is 0 Å². The minimum absolute atomic E-state index is 0.0742. The highest BCUT2D eigenvalue weighted by Gasteiger charge is 2.18. The summed E-state index contributed by atoms with van der Waals surface area (Å²) in [6, 6.07) is 9.40. The standard InChI is InChI=1S/C15H18N2O2/c1-10-8-14(11(2)19-10)15(18)17(3)13-6-4-12(9-16)5-7-13/h4-8H,9,16H2,1-3H3. The van der Waals surface area contributed by atoms with E-state index < -0.39 is 0 Å². The first-order valence-corrected chi connectivity index (χ1v) is 6.17. The van der Waals surface area contributed by atoms with Crippen LogP contribution in [-0.4, -0.2) is 13.0 Å². The monoisotopic (exact) mass is 258 g/mol. The molecule has 0 radical (unpaired) electrons. The van der Waals surface area contributed by atoms with Crippen LogP contribution < -0.4 is 10.6 Å². The number of rotatable bonds is 3. The van der Waals surface area contributed by atoms with Gasteiger partial charge in [0.15, 0.2) is 0 Å². The van der Waals surface area contributed by atoms with E-state index >= 15 is 0 Å². The molecule has 0 unspecified atom stereocenters. The lowest BCUT2D eigenvalue weighted by Crippen LogP contribution is -2.26. The molecule has 0 atom stereocenters. The Morgan fingerprint density at radius 2 is 1.89 bits per heavy atom. The molecule has 1 heterocycles. The first-order chi connectivity index (χ1) is 9.02. The Kier molecular flexibility index (Phi) is 3.71. The van der Waals surface area contributed by atoms with E-state index in [1.54, 1.807) is 24.9 Å². The van der Waals surface area contributed by atoms with Gasteiger partial charge in [0.1, 0.15) is 11.5 Å². The smallest absolute Gasteiger partial charge is 0.261 e. The minimum atomic E-state index is -0.0742. The van der Waals surface area contributed by atoms with E-state index in [1.807, 2.05) is 31.2 Å². The Morgan fingerprint density at radius 3 is 2.37 bits per heavy atom. The molecule has 0 aliphatic rings. The van der Waals surface area contributed by atoms with Crippen LogP contribution in [0.15, 0.2) is 34.7 Å². The molecule has 100 valence electrons. The molecule has 0 aliphatic carbocycles. The molecule has 0 aliphatic heterocycles. The number of carbonyl (C=O) groups excluding carboxylic acids is 1. The van der Waals surface area contributed by atoms with Crippen LogP contribution in [0.3, 0.4) is 0 Å². The summed E-state index contributed by atoms with van der Waals surface area (Å²) in [4.78, 5) is 14.0. The maximum atomic E-state index is 12.4. The van der Waals surface area contributed by atoms with Gasteiger partial charge < -0.3 is 15.1 Å². The van der Waals surface area contributed by atoms with E-state index in [4.69, 9.17) is 10.2 Å². The fourth-order valence-electron chi connectivity index (χ4n) is 2.00. The van der Waals surface area contributed by atoms with Crippen molar-refractivity contribution >= 4 is 11.6 Å². The van der Waals surface area contributed by atoms with E-state index in [9.17, 15) is 4.79 Å². The zero-order valence-electron chi connectivity index (χ0n) is 11.4. The van der Waals surface area contributed by atoms with Crippen LogP contribution in [0, 0.1) is 13.8 Å². The Balaban J connectivity index is 2.25. The molecule has 2 rings (SSSR count). The van der Waals surface area contributed by atoms with Crippen molar-refractivity contribution in [3.8, 4) is 0 Å². The fourth-order valence-corrected chi connectivity index (χ4v) is 2.00. The van der Waals surface area contributed by atoms with Crippen molar-refractivity contribution < 1.29 is 9.21 Å². The number of amides is 1. The summed E-state index contributed by atoms with van der Waals surface area (Å²) < 4.78 is 5.39. The van der Waals surface area contributed by atoms with Gasteiger partial charge in [0.2, 0.25) is 0 Å². The summed E-state index contributed by atoms with van der Waals surface area (Å²) in [5.74, 6) is 1.32. The molecule has 1 aromatic heterocycles. The Morgan fingerprint density at radius 1 is 1.26 bits per heavy atom. The molecular weight excluding hydrogens is 240 g/mol. The van der Waals surface area contributed by atoms with Crippen LogP contribution in [0.25, 0.3) is 0 Å². The lowest BCUT2D eigenvalue weighted by molar-refractivity contribution is 0.0991. The van der Waals surface area contributed by atoms with Crippen molar-refractivity contribution in [2.75, 3.05) is 11.9 Å². The summed E-state index contributed by atoms with van der Waals surface area (Å²) in [6.07, 6.45) is 0. The number of hydrogen-bond acceptors (Lipinski definition) is 3. The number of anilines is 1. The van der Waals surface area contributed by atoms with Crippen molar-refractivity contribution in [1.82, 2.24) is 0 Å². The van der Waals surface area contributed by atoms with Gasteiger partial charge in [-0.2, -0.15) is 0 Å². The molecule has 0 spiro atoms. The first kappa shape index (κ1) is 13.4. The SMILES string of the molecule is Cc1cc(C(=O)N(C)c2ccc(CN)cc2)c(C)o1. The fraction of sp³-hybridized carbons (Fsp3) is 0.267. The largest absolute Gasteiger partial charge is 0.466 e. The number of aryl methyl sites for hydroxylation is 2. The Bertz CT molecular complexity index is 585. The highest BCUT2D eigenvalue weighted by molar-refractivity contribution is 6.06. The number of furan rings is 1. The van der Waals surface area contributed by atoms with E-state index in [0.29, 0.717) is 17.9 Å². The van der Waals surface area contributed by atoms with Gasteiger partial charge in [-0.1, -0.05) is 12.1 Å². The molecule has 4 nitrogen and oxygen atoms in total. The van der Waals surface area contributed by atoms with Crippen LogP contribution in [0.4, 0.5) is 5.69 Å². The van der Waals surface area contributed by atoms with Gasteiger partial charge >= 0.3 is 0 Å². The number of nitrogens with zero attached hydrogens (tertiary/aromatic N) is 1. The molecule has 0 saturated heterocycles. The van der Waals surface area contributed by atoms with E-state index in [-0.39, 0.29) is 5.91 Å². The highest BCUT2D eigenvalue weighted by atomic mass is 16.3. The maximum Gasteiger partial charge on any atom is 0.261 e. The molecule has 2 N–H and O–H groups in total. The molecule has 1 aromatic carbocycles. The van der Waals surface area contributed by atoms with Gasteiger partial charge in [-0.05, 0) is 37.6 Å². The quantitative estimate of drug-likeness (QED) is 0.920. The lowest BCUT2D eigenvalue weighted by Gasteiger charge is -2.17. The molecule has 19 heavy (non-hydrogen) atoms. The third-order valence-electron chi connectivity index (χ3n) is 3.14. The van der Waals surface area contributed by atoms with E-state index in [0.717, 1.165) is 17.0 Å². The molecule has 1 amide bonds. The van der Waals surface area contributed by atoms with Gasteiger partial charge in [0, 0.05) is 19.3 Å². The topological polar surface area (TPSA) is 59.5 Å².